The third-order valence-corrected chi connectivity index (χ3v) is 5.94. The highest BCUT2D eigenvalue weighted by Crippen LogP contribution is 2.33. The number of hydrogen-bond donors (Lipinski definition) is 0. The minimum Gasteiger partial charge on any atom is -0.378 e. The molecule has 1 fully saturated rings. The first-order chi connectivity index (χ1) is 10.7. The molecule has 3 rings (SSSR count). The average Bonchev–Trinajstić information content (AvgIpc) is 2.99. The van der Waals surface area contributed by atoms with E-state index < -0.39 is 0 Å². The first kappa shape index (κ1) is 15.7. The topological polar surface area (TPSA) is 55.3 Å². The van der Waals surface area contributed by atoms with Crippen molar-refractivity contribution in [2.45, 2.75) is 30.5 Å². The number of hydrogen-bond acceptors (Lipinski definition) is 6. The minimum absolute atomic E-state index is 0.152. The number of ether oxygens (including phenoxy) is 1. The molecule has 0 N–H and O–H groups in total. The SMILES string of the molecule is CCc1cc2c(S[C@H](C)C(=O)N3CCOCC3)ncnc2s1. The van der Waals surface area contributed by atoms with Crippen LogP contribution < -0.4 is 0 Å². The maximum absolute atomic E-state index is 12.5. The van der Waals surface area contributed by atoms with E-state index in [0.29, 0.717) is 26.3 Å². The first-order valence-electron chi connectivity index (χ1n) is 7.45. The van der Waals surface area contributed by atoms with Gasteiger partial charge in [-0.1, -0.05) is 18.7 Å². The lowest BCUT2D eigenvalue weighted by Gasteiger charge is -2.28. The molecule has 0 aromatic carbocycles. The predicted molar refractivity (Wildman–Crippen MR) is 89.5 cm³/mol. The van der Waals surface area contributed by atoms with Gasteiger partial charge >= 0.3 is 0 Å². The number of carbonyl (C=O) groups excluding carboxylic acids is 1. The molecule has 2 aromatic rings. The van der Waals surface area contributed by atoms with Crippen LogP contribution in [0.5, 0.6) is 0 Å². The van der Waals surface area contributed by atoms with Crippen LogP contribution in [0, 0.1) is 0 Å². The van der Waals surface area contributed by atoms with Gasteiger partial charge in [0, 0.05) is 23.4 Å². The van der Waals surface area contributed by atoms with Crippen molar-refractivity contribution in [3.63, 3.8) is 0 Å². The summed E-state index contributed by atoms with van der Waals surface area (Å²) in [6, 6.07) is 2.15. The summed E-state index contributed by atoms with van der Waals surface area (Å²) in [7, 11) is 0. The highest BCUT2D eigenvalue weighted by Gasteiger charge is 2.24. The van der Waals surface area contributed by atoms with Crippen LogP contribution in [-0.4, -0.2) is 52.3 Å². The second-order valence-corrected chi connectivity index (χ2v) is 7.61. The third kappa shape index (κ3) is 3.26. The summed E-state index contributed by atoms with van der Waals surface area (Å²) in [5, 5.41) is 1.81. The summed E-state index contributed by atoms with van der Waals surface area (Å²) in [6.07, 6.45) is 2.58. The summed E-state index contributed by atoms with van der Waals surface area (Å²) < 4.78 is 5.30. The Hall–Kier alpha value is -1.18. The Labute approximate surface area is 138 Å². The number of nitrogens with zero attached hydrogens (tertiary/aromatic N) is 3. The molecule has 1 aliphatic rings. The van der Waals surface area contributed by atoms with E-state index in [0.717, 1.165) is 21.7 Å². The molecule has 0 spiro atoms. The van der Waals surface area contributed by atoms with Crippen molar-refractivity contribution in [3.05, 3.63) is 17.3 Å². The molecule has 5 nitrogen and oxygen atoms in total. The van der Waals surface area contributed by atoms with E-state index in [1.165, 1.54) is 16.6 Å². The highest BCUT2D eigenvalue weighted by molar-refractivity contribution is 8.00. The monoisotopic (exact) mass is 337 g/mol. The Balaban J connectivity index is 1.77. The van der Waals surface area contributed by atoms with E-state index in [4.69, 9.17) is 4.74 Å². The number of thiophene rings is 1. The highest BCUT2D eigenvalue weighted by atomic mass is 32.2. The molecular weight excluding hydrogens is 318 g/mol. The summed E-state index contributed by atoms with van der Waals surface area (Å²) >= 11 is 3.22. The van der Waals surface area contributed by atoms with Crippen molar-refractivity contribution in [2.24, 2.45) is 0 Å². The molecule has 1 amide bonds. The molecule has 0 bridgehead atoms. The van der Waals surface area contributed by atoms with Gasteiger partial charge in [0.1, 0.15) is 16.2 Å². The van der Waals surface area contributed by atoms with Gasteiger partial charge in [0.2, 0.25) is 5.91 Å². The number of aromatic nitrogens is 2. The van der Waals surface area contributed by atoms with Crippen LogP contribution in [0.3, 0.4) is 0 Å². The number of carbonyl (C=O) groups is 1. The fraction of sp³-hybridized carbons (Fsp3) is 0.533. The van der Waals surface area contributed by atoms with Crippen molar-refractivity contribution in [1.82, 2.24) is 14.9 Å². The van der Waals surface area contributed by atoms with E-state index in [2.05, 4.69) is 23.0 Å². The standard InChI is InChI=1S/C15H19N3O2S2/c1-3-11-8-12-13(16-9-17-14(12)22-11)21-10(2)15(19)18-4-6-20-7-5-18/h8-10H,3-7H2,1-2H3/t10-/m1/s1. The molecule has 1 atom stereocenters. The summed E-state index contributed by atoms with van der Waals surface area (Å²) in [4.78, 5) is 25.4. The lowest BCUT2D eigenvalue weighted by molar-refractivity contribution is -0.134. The molecule has 0 saturated carbocycles. The van der Waals surface area contributed by atoms with Crippen LogP contribution in [0.4, 0.5) is 0 Å². The lowest BCUT2D eigenvalue weighted by Crippen LogP contribution is -2.44. The van der Waals surface area contributed by atoms with Gasteiger partial charge in [0.25, 0.3) is 0 Å². The van der Waals surface area contributed by atoms with E-state index in [1.54, 1.807) is 17.7 Å². The smallest absolute Gasteiger partial charge is 0.235 e. The molecule has 118 valence electrons. The first-order valence-corrected chi connectivity index (χ1v) is 9.15. The van der Waals surface area contributed by atoms with E-state index in [1.807, 2.05) is 11.8 Å². The number of amides is 1. The van der Waals surface area contributed by atoms with Crippen LogP contribution in [0.25, 0.3) is 10.2 Å². The quantitative estimate of drug-likeness (QED) is 0.634. The molecule has 2 aromatic heterocycles. The second-order valence-electron chi connectivity index (χ2n) is 5.16. The molecule has 7 heteroatoms. The van der Waals surface area contributed by atoms with Gasteiger partial charge < -0.3 is 9.64 Å². The average molecular weight is 337 g/mol. The fourth-order valence-electron chi connectivity index (χ4n) is 2.41. The summed E-state index contributed by atoms with van der Waals surface area (Å²) in [5.41, 5.74) is 0. The number of thioether (sulfide) groups is 1. The fourth-order valence-corrected chi connectivity index (χ4v) is 4.39. The zero-order chi connectivity index (χ0) is 15.5. The van der Waals surface area contributed by atoms with Gasteiger partial charge in [-0.3, -0.25) is 4.79 Å². The zero-order valence-corrected chi connectivity index (χ0v) is 14.4. The van der Waals surface area contributed by atoms with Crippen molar-refractivity contribution in [2.75, 3.05) is 26.3 Å². The molecule has 1 aliphatic heterocycles. The van der Waals surface area contributed by atoms with Gasteiger partial charge in [0.15, 0.2) is 0 Å². The molecular formula is C15H19N3O2S2. The van der Waals surface area contributed by atoms with E-state index in [-0.39, 0.29) is 11.2 Å². The summed E-state index contributed by atoms with van der Waals surface area (Å²) in [6.45, 7) is 6.71. The molecule has 0 aliphatic carbocycles. The Morgan fingerprint density at radius 1 is 1.45 bits per heavy atom. The van der Waals surface area contributed by atoms with E-state index in [9.17, 15) is 4.79 Å². The third-order valence-electron chi connectivity index (χ3n) is 3.65. The largest absolute Gasteiger partial charge is 0.378 e. The molecule has 1 saturated heterocycles. The normalized spacial score (nSPS) is 16.9. The Bertz CT molecular complexity index is 668. The van der Waals surface area contributed by atoms with Crippen LogP contribution in [-0.2, 0) is 16.0 Å². The van der Waals surface area contributed by atoms with Crippen LogP contribution in [0.2, 0.25) is 0 Å². The number of aryl methyl sites for hydroxylation is 1. The van der Waals surface area contributed by atoms with E-state index >= 15 is 0 Å². The van der Waals surface area contributed by atoms with Crippen molar-refractivity contribution in [3.8, 4) is 0 Å². The Kier molecular flexibility index (Phi) is 4.95. The number of fused-ring (bicyclic) bond motifs is 1. The molecule has 0 radical (unpaired) electrons. The van der Waals surface area contributed by atoms with Gasteiger partial charge in [0.05, 0.1) is 18.5 Å². The maximum Gasteiger partial charge on any atom is 0.235 e. The van der Waals surface area contributed by atoms with Crippen molar-refractivity contribution < 1.29 is 9.53 Å². The molecule has 0 unspecified atom stereocenters. The van der Waals surface area contributed by atoms with Crippen LogP contribution >= 0.6 is 23.1 Å². The van der Waals surface area contributed by atoms with Crippen LogP contribution in [0.1, 0.15) is 18.7 Å². The van der Waals surface area contributed by atoms with Gasteiger partial charge in [-0.05, 0) is 19.4 Å². The Morgan fingerprint density at radius 3 is 2.95 bits per heavy atom. The number of rotatable bonds is 4. The van der Waals surface area contributed by atoms with Crippen molar-refractivity contribution in [1.29, 1.82) is 0 Å². The Morgan fingerprint density at radius 2 is 2.23 bits per heavy atom. The van der Waals surface area contributed by atoms with Gasteiger partial charge in [-0.15, -0.1) is 11.3 Å². The minimum atomic E-state index is -0.152. The maximum atomic E-state index is 12.5. The van der Waals surface area contributed by atoms with Gasteiger partial charge in [-0.25, -0.2) is 9.97 Å². The summed E-state index contributed by atoms with van der Waals surface area (Å²) in [5.74, 6) is 0.158. The van der Waals surface area contributed by atoms with Gasteiger partial charge in [-0.2, -0.15) is 0 Å². The second kappa shape index (κ2) is 6.93. The van der Waals surface area contributed by atoms with Crippen molar-refractivity contribution >= 4 is 39.2 Å². The molecule has 3 heterocycles. The predicted octanol–water partition coefficient (Wildman–Crippen LogP) is 2.59. The number of morpholine rings is 1. The van der Waals surface area contributed by atoms with Crippen LogP contribution in [0.15, 0.2) is 17.4 Å². The molecule has 22 heavy (non-hydrogen) atoms. The lowest BCUT2D eigenvalue weighted by atomic mass is 10.3. The zero-order valence-electron chi connectivity index (χ0n) is 12.7.